The standard InChI is InChI=1S/C15H15N3O2/c1-8-2-3-9(13-17-6-10(16)14(19)18-13)11-12(8)20-7-15(11)4-5-15/h2-3,6H,4-5,7,16H2,1H3,(H,17,18,19). The maximum Gasteiger partial charge on any atom is 0.274 e. The zero-order valence-electron chi connectivity index (χ0n) is 11.2. The highest BCUT2D eigenvalue weighted by Crippen LogP contribution is 2.58. The highest BCUT2D eigenvalue weighted by Gasteiger charge is 2.52. The van der Waals surface area contributed by atoms with Crippen LogP contribution in [0.3, 0.4) is 0 Å². The van der Waals surface area contributed by atoms with Crippen molar-refractivity contribution in [3.8, 4) is 17.1 Å². The normalized spacial score (nSPS) is 17.9. The molecule has 0 unspecified atom stereocenters. The Hall–Kier alpha value is -2.30. The van der Waals surface area contributed by atoms with Crippen LogP contribution in [0, 0.1) is 6.92 Å². The Labute approximate surface area is 115 Å². The fourth-order valence-corrected chi connectivity index (χ4v) is 2.97. The van der Waals surface area contributed by atoms with Gasteiger partial charge in [-0.25, -0.2) is 4.98 Å². The van der Waals surface area contributed by atoms with Crippen LogP contribution in [0.2, 0.25) is 0 Å². The number of benzene rings is 1. The molecule has 20 heavy (non-hydrogen) atoms. The van der Waals surface area contributed by atoms with Crippen LogP contribution in [0.1, 0.15) is 24.0 Å². The summed E-state index contributed by atoms with van der Waals surface area (Å²) in [5.41, 5.74) is 8.80. The van der Waals surface area contributed by atoms with Crippen molar-refractivity contribution >= 4 is 5.69 Å². The van der Waals surface area contributed by atoms with Crippen molar-refractivity contribution in [3.05, 3.63) is 39.8 Å². The fraction of sp³-hybridized carbons (Fsp3) is 0.333. The maximum atomic E-state index is 11.7. The summed E-state index contributed by atoms with van der Waals surface area (Å²) in [6.07, 6.45) is 3.68. The van der Waals surface area contributed by atoms with E-state index >= 15 is 0 Å². The van der Waals surface area contributed by atoms with Crippen molar-refractivity contribution in [2.24, 2.45) is 0 Å². The first kappa shape index (κ1) is 11.5. The number of hydrogen-bond acceptors (Lipinski definition) is 4. The second-order valence-corrected chi connectivity index (χ2v) is 5.72. The minimum atomic E-state index is -0.298. The molecular formula is C15H15N3O2. The number of nitrogens with two attached hydrogens (primary N) is 1. The molecule has 1 aromatic heterocycles. The van der Waals surface area contributed by atoms with Gasteiger partial charge in [0.05, 0.1) is 12.8 Å². The molecule has 4 rings (SSSR count). The molecule has 1 aliphatic heterocycles. The minimum absolute atomic E-state index is 0.134. The molecule has 2 heterocycles. The van der Waals surface area contributed by atoms with Crippen LogP contribution >= 0.6 is 0 Å². The van der Waals surface area contributed by atoms with Crippen molar-refractivity contribution in [1.29, 1.82) is 0 Å². The molecule has 0 bridgehead atoms. The van der Waals surface area contributed by atoms with Gasteiger partial charge in [0.1, 0.15) is 17.3 Å². The third-order valence-corrected chi connectivity index (χ3v) is 4.31. The Bertz CT molecular complexity index is 775. The molecular weight excluding hydrogens is 254 g/mol. The van der Waals surface area contributed by atoms with Crippen LogP contribution in [0.5, 0.6) is 5.75 Å². The Kier molecular flexibility index (Phi) is 2.09. The van der Waals surface area contributed by atoms with Crippen LogP contribution in [-0.2, 0) is 5.41 Å². The Balaban J connectivity index is 1.98. The van der Waals surface area contributed by atoms with Gasteiger partial charge >= 0.3 is 0 Å². The van der Waals surface area contributed by atoms with Gasteiger partial charge in [-0.3, -0.25) is 4.79 Å². The molecule has 1 fully saturated rings. The van der Waals surface area contributed by atoms with E-state index in [-0.39, 0.29) is 16.7 Å². The number of anilines is 1. The molecule has 2 aromatic rings. The SMILES string of the molecule is Cc1ccc(-c2ncc(N)c(=O)[nH]2)c2c1OCC21CC1. The lowest BCUT2D eigenvalue weighted by Crippen LogP contribution is -2.15. The number of nitrogens with one attached hydrogen (secondary N) is 1. The van der Waals surface area contributed by atoms with E-state index in [1.165, 1.54) is 11.8 Å². The van der Waals surface area contributed by atoms with Gasteiger partial charge in [0.25, 0.3) is 5.56 Å². The molecule has 1 aliphatic carbocycles. The number of hydrogen-bond donors (Lipinski definition) is 2. The lowest BCUT2D eigenvalue weighted by molar-refractivity contribution is 0.322. The van der Waals surface area contributed by atoms with Crippen LogP contribution in [0.15, 0.2) is 23.1 Å². The van der Waals surface area contributed by atoms with Crippen LogP contribution in [0.25, 0.3) is 11.4 Å². The van der Waals surface area contributed by atoms with Gasteiger partial charge in [-0.2, -0.15) is 0 Å². The number of ether oxygens (including phenoxy) is 1. The number of aromatic nitrogens is 2. The summed E-state index contributed by atoms with van der Waals surface area (Å²) in [5, 5.41) is 0. The molecule has 1 saturated carbocycles. The van der Waals surface area contributed by atoms with Gasteiger partial charge in [-0.15, -0.1) is 0 Å². The monoisotopic (exact) mass is 269 g/mol. The van der Waals surface area contributed by atoms with Crippen LogP contribution in [-0.4, -0.2) is 16.6 Å². The van der Waals surface area contributed by atoms with Crippen LogP contribution in [0.4, 0.5) is 5.69 Å². The molecule has 1 aromatic carbocycles. The summed E-state index contributed by atoms with van der Waals surface area (Å²) in [4.78, 5) is 18.7. The summed E-state index contributed by atoms with van der Waals surface area (Å²) in [7, 11) is 0. The first-order chi connectivity index (χ1) is 9.61. The Morgan fingerprint density at radius 1 is 1.40 bits per heavy atom. The van der Waals surface area contributed by atoms with E-state index in [9.17, 15) is 4.79 Å². The second kappa shape index (κ2) is 3.62. The number of fused-ring (bicyclic) bond motifs is 2. The summed E-state index contributed by atoms with van der Waals surface area (Å²) >= 11 is 0. The number of nitrogens with zero attached hydrogens (tertiary/aromatic N) is 1. The van der Waals surface area contributed by atoms with Gasteiger partial charge in [-0.05, 0) is 25.3 Å². The van der Waals surface area contributed by atoms with Gasteiger partial charge in [0.2, 0.25) is 0 Å². The van der Waals surface area contributed by atoms with Crippen molar-refractivity contribution in [2.75, 3.05) is 12.3 Å². The van der Waals surface area contributed by atoms with Crippen molar-refractivity contribution in [2.45, 2.75) is 25.2 Å². The molecule has 1 spiro atoms. The fourth-order valence-electron chi connectivity index (χ4n) is 2.97. The number of H-pyrrole nitrogens is 1. The summed E-state index contributed by atoms with van der Waals surface area (Å²) in [6, 6.07) is 4.02. The summed E-state index contributed by atoms with van der Waals surface area (Å²) in [5.74, 6) is 1.52. The van der Waals surface area contributed by atoms with E-state index in [0.717, 1.165) is 36.3 Å². The van der Waals surface area contributed by atoms with Crippen molar-refractivity contribution < 1.29 is 4.74 Å². The molecule has 0 atom stereocenters. The van der Waals surface area contributed by atoms with E-state index in [2.05, 4.69) is 9.97 Å². The predicted octanol–water partition coefficient (Wildman–Crippen LogP) is 1.75. The van der Waals surface area contributed by atoms with E-state index in [0.29, 0.717) is 5.82 Å². The molecule has 0 amide bonds. The van der Waals surface area contributed by atoms with E-state index in [1.54, 1.807) is 0 Å². The third-order valence-electron chi connectivity index (χ3n) is 4.31. The number of aryl methyl sites for hydroxylation is 1. The second-order valence-electron chi connectivity index (χ2n) is 5.72. The molecule has 5 nitrogen and oxygen atoms in total. The lowest BCUT2D eigenvalue weighted by Gasteiger charge is -2.12. The van der Waals surface area contributed by atoms with Crippen LogP contribution < -0.4 is 16.0 Å². The first-order valence-corrected chi connectivity index (χ1v) is 6.73. The van der Waals surface area contributed by atoms with E-state index in [4.69, 9.17) is 10.5 Å². The van der Waals surface area contributed by atoms with Gasteiger partial charge in [0, 0.05) is 16.5 Å². The summed E-state index contributed by atoms with van der Waals surface area (Å²) in [6.45, 7) is 2.78. The molecule has 0 radical (unpaired) electrons. The van der Waals surface area contributed by atoms with E-state index in [1.807, 2.05) is 19.1 Å². The molecule has 0 saturated heterocycles. The zero-order valence-corrected chi connectivity index (χ0v) is 11.2. The molecule has 102 valence electrons. The molecule has 5 heteroatoms. The number of nitrogen functional groups attached to an aromatic ring is 1. The maximum absolute atomic E-state index is 11.7. The number of rotatable bonds is 1. The Morgan fingerprint density at radius 3 is 2.90 bits per heavy atom. The van der Waals surface area contributed by atoms with Crippen molar-refractivity contribution in [1.82, 2.24) is 9.97 Å². The van der Waals surface area contributed by atoms with Crippen molar-refractivity contribution in [3.63, 3.8) is 0 Å². The topological polar surface area (TPSA) is 81.0 Å². The zero-order chi connectivity index (χ0) is 13.9. The first-order valence-electron chi connectivity index (χ1n) is 6.73. The van der Waals surface area contributed by atoms with E-state index < -0.39 is 0 Å². The number of aromatic amines is 1. The minimum Gasteiger partial charge on any atom is -0.492 e. The smallest absolute Gasteiger partial charge is 0.274 e. The Morgan fingerprint density at radius 2 is 2.20 bits per heavy atom. The predicted molar refractivity (Wildman–Crippen MR) is 75.9 cm³/mol. The lowest BCUT2D eigenvalue weighted by atomic mass is 9.91. The highest BCUT2D eigenvalue weighted by atomic mass is 16.5. The summed E-state index contributed by atoms with van der Waals surface area (Å²) < 4.78 is 5.88. The van der Waals surface area contributed by atoms with Gasteiger partial charge in [-0.1, -0.05) is 12.1 Å². The van der Waals surface area contributed by atoms with Gasteiger partial charge in [0.15, 0.2) is 0 Å². The third kappa shape index (κ3) is 1.43. The molecule has 3 N–H and O–H groups in total. The molecule has 2 aliphatic rings. The average Bonchev–Trinajstić information content (AvgIpc) is 3.10. The average molecular weight is 269 g/mol. The highest BCUT2D eigenvalue weighted by molar-refractivity contribution is 5.71. The largest absolute Gasteiger partial charge is 0.492 e. The van der Waals surface area contributed by atoms with Gasteiger partial charge < -0.3 is 15.5 Å². The quantitative estimate of drug-likeness (QED) is 0.826.